The molecule has 1 atom stereocenters. The van der Waals surface area contributed by atoms with E-state index in [-0.39, 0.29) is 6.10 Å². The number of nitrogens with zero attached hydrogens (tertiary/aromatic N) is 2. The van der Waals surface area contributed by atoms with Crippen LogP contribution in [0, 0.1) is 6.92 Å². The van der Waals surface area contributed by atoms with Gasteiger partial charge < -0.3 is 14.8 Å². The second kappa shape index (κ2) is 6.27. The van der Waals surface area contributed by atoms with E-state index in [0.29, 0.717) is 24.9 Å². The first kappa shape index (κ1) is 12.7. The third-order valence-corrected chi connectivity index (χ3v) is 2.08. The molecule has 5 nitrogen and oxygen atoms in total. The molecule has 0 saturated heterocycles. The number of hydrogen-bond acceptors (Lipinski definition) is 5. The summed E-state index contributed by atoms with van der Waals surface area (Å²) in [4.78, 5) is 8.43. The predicted molar refractivity (Wildman–Crippen MR) is 62.9 cm³/mol. The Balaban J connectivity index is 2.64. The Morgan fingerprint density at radius 1 is 1.44 bits per heavy atom. The van der Waals surface area contributed by atoms with E-state index in [0.717, 1.165) is 5.82 Å². The van der Waals surface area contributed by atoms with Crippen molar-refractivity contribution in [3.05, 3.63) is 11.9 Å². The Bertz CT molecular complexity index is 331. The molecule has 0 fully saturated rings. The molecule has 0 aliphatic heterocycles. The van der Waals surface area contributed by atoms with Gasteiger partial charge in [0.25, 0.3) is 0 Å². The Morgan fingerprint density at radius 3 is 2.81 bits per heavy atom. The molecule has 0 aliphatic carbocycles. The number of nitrogens with one attached hydrogen (secondary N) is 1. The average molecular weight is 225 g/mol. The topological polar surface area (TPSA) is 56.3 Å². The molecular weight excluding hydrogens is 206 g/mol. The molecule has 0 spiro atoms. The van der Waals surface area contributed by atoms with E-state index in [4.69, 9.17) is 9.47 Å². The Labute approximate surface area is 96.2 Å². The molecule has 0 aromatic carbocycles. The second-order valence-corrected chi connectivity index (χ2v) is 3.50. The predicted octanol–water partition coefficient (Wildman–Crippen LogP) is 1.63. The maximum Gasteiger partial charge on any atom is 0.218 e. The van der Waals surface area contributed by atoms with Crippen molar-refractivity contribution < 1.29 is 9.47 Å². The molecule has 0 radical (unpaired) electrons. The van der Waals surface area contributed by atoms with Crippen molar-refractivity contribution in [1.29, 1.82) is 0 Å². The van der Waals surface area contributed by atoms with Crippen molar-refractivity contribution in [2.45, 2.75) is 26.9 Å². The first-order valence-electron chi connectivity index (χ1n) is 5.40. The molecule has 5 heteroatoms. The van der Waals surface area contributed by atoms with Crippen LogP contribution >= 0.6 is 0 Å². The number of methoxy groups -OCH3 is 1. The van der Waals surface area contributed by atoms with Crippen molar-refractivity contribution in [1.82, 2.24) is 9.97 Å². The van der Waals surface area contributed by atoms with Crippen LogP contribution in [0.15, 0.2) is 6.07 Å². The zero-order valence-corrected chi connectivity index (χ0v) is 10.3. The first-order valence-corrected chi connectivity index (χ1v) is 5.40. The van der Waals surface area contributed by atoms with E-state index in [1.54, 1.807) is 13.2 Å². The Morgan fingerprint density at radius 2 is 2.19 bits per heavy atom. The van der Waals surface area contributed by atoms with Crippen molar-refractivity contribution in [3.8, 4) is 5.88 Å². The van der Waals surface area contributed by atoms with Crippen LogP contribution in [-0.4, -0.2) is 36.3 Å². The molecule has 0 bridgehead atoms. The van der Waals surface area contributed by atoms with Crippen LogP contribution in [0.4, 0.5) is 5.82 Å². The highest BCUT2D eigenvalue weighted by molar-refractivity contribution is 5.38. The van der Waals surface area contributed by atoms with Gasteiger partial charge in [0.05, 0.1) is 12.7 Å². The third kappa shape index (κ3) is 4.02. The molecule has 0 aliphatic rings. The minimum absolute atomic E-state index is 0.144. The van der Waals surface area contributed by atoms with Gasteiger partial charge in [-0.3, -0.25) is 0 Å². The van der Waals surface area contributed by atoms with Crippen molar-refractivity contribution in [2.75, 3.05) is 25.6 Å². The van der Waals surface area contributed by atoms with Crippen LogP contribution in [-0.2, 0) is 4.74 Å². The summed E-state index contributed by atoms with van der Waals surface area (Å²) in [5.74, 6) is 2.06. The van der Waals surface area contributed by atoms with Gasteiger partial charge in [0, 0.05) is 19.7 Å². The minimum atomic E-state index is 0.144. The van der Waals surface area contributed by atoms with E-state index in [9.17, 15) is 0 Å². The van der Waals surface area contributed by atoms with Crippen LogP contribution in [0.3, 0.4) is 0 Å². The zero-order valence-electron chi connectivity index (χ0n) is 10.3. The first-order chi connectivity index (χ1) is 7.65. The summed E-state index contributed by atoms with van der Waals surface area (Å²) in [6.07, 6.45) is 0.144. The minimum Gasteiger partial charge on any atom is -0.478 e. The lowest BCUT2D eigenvalue weighted by Gasteiger charge is -2.12. The number of aryl methyl sites for hydroxylation is 1. The fraction of sp³-hybridized carbons (Fsp3) is 0.636. The molecule has 16 heavy (non-hydrogen) atoms. The molecule has 1 unspecified atom stereocenters. The standard InChI is InChI=1S/C11H19N3O2/c1-5-16-11-6-10(13-9(3)14-11)12-7-8(2)15-4/h6,8H,5,7H2,1-4H3,(H,12,13,14). The molecule has 1 heterocycles. The van der Waals surface area contributed by atoms with Crippen molar-refractivity contribution in [2.24, 2.45) is 0 Å². The van der Waals surface area contributed by atoms with Gasteiger partial charge in [-0.05, 0) is 20.8 Å². The highest BCUT2D eigenvalue weighted by atomic mass is 16.5. The molecule has 1 aromatic rings. The van der Waals surface area contributed by atoms with Gasteiger partial charge in [0.1, 0.15) is 11.6 Å². The van der Waals surface area contributed by atoms with E-state index in [1.807, 2.05) is 20.8 Å². The smallest absolute Gasteiger partial charge is 0.218 e. The molecular formula is C11H19N3O2. The summed E-state index contributed by atoms with van der Waals surface area (Å²) in [5.41, 5.74) is 0. The normalized spacial score (nSPS) is 12.2. The number of hydrogen-bond donors (Lipinski definition) is 1. The van der Waals surface area contributed by atoms with Crippen LogP contribution in [0.25, 0.3) is 0 Å². The molecule has 1 aromatic heterocycles. The van der Waals surface area contributed by atoms with Crippen molar-refractivity contribution >= 4 is 5.82 Å². The second-order valence-electron chi connectivity index (χ2n) is 3.50. The SMILES string of the molecule is CCOc1cc(NCC(C)OC)nc(C)n1. The average Bonchev–Trinajstić information content (AvgIpc) is 2.25. The quantitative estimate of drug-likeness (QED) is 0.797. The fourth-order valence-corrected chi connectivity index (χ4v) is 1.18. The number of rotatable bonds is 6. The van der Waals surface area contributed by atoms with Gasteiger partial charge >= 0.3 is 0 Å². The highest BCUT2D eigenvalue weighted by Crippen LogP contribution is 2.13. The van der Waals surface area contributed by atoms with E-state index < -0.39 is 0 Å². The van der Waals surface area contributed by atoms with Crippen molar-refractivity contribution in [3.63, 3.8) is 0 Å². The largest absolute Gasteiger partial charge is 0.478 e. The van der Waals surface area contributed by atoms with Gasteiger partial charge in [-0.25, -0.2) is 4.98 Å². The van der Waals surface area contributed by atoms with Gasteiger partial charge in [-0.15, -0.1) is 0 Å². The van der Waals surface area contributed by atoms with Gasteiger partial charge in [-0.2, -0.15) is 4.98 Å². The lowest BCUT2D eigenvalue weighted by Crippen LogP contribution is -2.19. The number of aromatic nitrogens is 2. The number of anilines is 1. The number of ether oxygens (including phenoxy) is 2. The van der Waals surface area contributed by atoms with E-state index >= 15 is 0 Å². The van der Waals surface area contributed by atoms with Crippen LogP contribution in [0.5, 0.6) is 5.88 Å². The molecule has 1 rings (SSSR count). The molecule has 0 amide bonds. The lowest BCUT2D eigenvalue weighted by atomic mass is 10.4. The lowest BCUT2D eigenvalue weighted by molar-refractivity contribution is 0.128. The summed E-state index contributed by atoms with van der Waals surface area (Å²) in [6.45, 7) is 7.07. The summed E-state index contributed by atoms with van der Waals surface area (Å²) in [5, 5.41) is 3.18. The van der Waals surface area contributed by atoms with E-state index in [2.05, 4.69) is 15.3 Å². The Kier molecular flexibility index (Phi) is 4.98. The van der Waals surface area contributed by atoms with Gasteiger partial charge in [0.2, 0.25) is 5.88 Å². The summed E-state index contributed by atoms with van der Waals surface area (Å²) in [7, 11) is 1.68. The highest BCUT2D eigenvalue weighted by Gasteiger charge is 2.04. The molecule has 90 valence electrons. The molecule has 1 N–H and O–H groups in total. The van der Waals surface area contributed by atoms with E-state index in [1.165, 1.54) is 0 Å². The Hall–Kier alpha value is -1.36. The maximum atomic E-state index is 5.34. The maximum absolute atomic E-state index is 5.34. The summed E-state index contributed by atoms with van der Waals surface area (Å²) in [6, 6.07) is 1.79. The summed E-state index contributed by atoms with van der Waals surface area (Å²) >= 11 is 0. The summed E-state index contributed by atoms with van der Waals surface area (Å²) < 4.78 is 10.5. The van der Waals surface area contributed by atoms with Crippen LogP contribution < -0.4 is 10.1 Å². The third-order valence-electron chi connectivity index (χ3n) is 2.08. The monoisotopic (exact) mass is 225 g/mol. The zero-order chi connectivity index (χ0) is 12.0. The fourth-order valence-electron chi connectivity index (χ4n) is 1.18. The van der Waals surface area contributed by atoms with Gasteiger partial charge in [-0.1, -0.05) is 0 Å². The van der Waals surface area contributed by atoms with Crippen LogP contribution in [0.1, 0.15) is 19.7 Å². The van der Waals surface area contributed by atoms with Crippen LogP contribution in [0.2, 0.25) is 0 Å². The molecule has 0 saturated carbocycles. The van der Waals surface area contributed by atoms with Gasteiger partial charge in [0.15, 0.2) is 0 Å².